The van der Waals surface area contributed by atoms with Gasteiger partial charge in [-0.25, -0.2) is 9.97 Å². The molecule has 0 N–H and O–H groups in total. The van der Waals surface area contributed by atoms with Crippen molar-refractivity contribution in [3.8, 4) is 6.19 Å². The smallest absolute Gasteiger partial charge is 0.185 e. The van der Waals surface area contributed by atoms with Gasteiger partial charge in [0.1, 0.15) is 18.0 Å². The molecule has 0 amide bonds. The van der Waals surface area contributed by atoms with Gasteiger partial charge in [0, 0.05) is 26.7 Å². The monoisotopic (exact) mass is 245 g/mol. The SMILES string of the molecule is CN(C#N)c1cc(N(C)CCC2CCC2)ncn1. The summed E-state index contributed by atoms with van der Waals surface area (Å²) >= 11 is 0. The summed E-state index contributed by atoms with van der Waals surface area (Å²) in [4.78, 5) is 11.9. The summed E-state index contributed by atoms with van der Waals surface area (Å²) in [6, 6.07) is 1.85. The first kappa shape index (κ1) is 12.6. The van der Waals surface area contributed by atoms with Crippen molar-refractivity contribution in [3.63, 3.8) is 0 Å². The first-order valence-corrected chi connectivity index (χ1v) is 6.37. The molecule has 0 unspecified atom stereocenters. The summed E-state index contributed by atoms with van der Waals surface area (Å²) < 4.78 is 0. The molecular formula is C13H19N5. The Hall–Kier alpha value is -1.83. The Morgan fingerprint density at radius 2 is 2.06 bits per heavy atom. The molecule has 1 aliphatic carbocycles. The predicted octanol–water partition coefficient (Wildman–Crippen LogP) is 2.02. The minimum atomic E-state index is 0.637. The fourth-order valence-electron chi connectivity index (χ4n) is 2.05. The molecule has 1 heterocycles. The van der Waals surface area contributed by atoms with Crippen LogP contribution in [0.25, 0.3) is 0 Å². The number of anilines is 2. The average molecular weight is 245 g/mol. The van der Waals surface area contributed by atoms with Crippen molar-refractivity contribution in [2.45, 2.75) is 25.7 Å². The minimum absolute atomic E-state index is 0.637. The van der Waals surface area contributed by atoms with Crippen LogP contribution in [0, 0.1) is 17.4 Å². The molecule has 0 saturated heterocycles. The van der Waals surface area contributed by atoms with Crippen molar-refractivity contribution in [2.24, 2.45) is 5.92 Å². The highest BCUT2D eigenvalue weighted by molar-refractivity contribution is 5.51. The van der Waals surface area contributed by atoms with Crippen LogP contribution in [0.15, 0.2) is 12.4 Å². The van der Waals surface area contributed by atoms with E-state index in [1.807, 2.05) is 19.3 Å². The van der Waals surface area contributed by atoms with E-state index in [1.54, 1.807) is 7.05 Å². The molecule has 18 heavy (non-hydrogen) atoms. The zero-order chi connectivity index (χ0) is 13.0. The van der Waals surface area contributed by atoms with E-state index in [2.05, 4.69) is 14.9 Å². The number of aromatic nitrogens is 2. The quantitative estimate of drug-likeness (QED) is 0.587. The van der Waals surface area contributed by atoms with Gasteiger partial charge in [-0.1, -0.05) is 19.3 Å². The normalized spacial score (nSPS) is 14.7. The van der Waals surface area contributed by atoms with E-state index in [-0.39, 0.29) is 0 Å². The maximum atomic E-state index is 8.84. The lowest BCUT2D eigenvalue weighted by molar-refractivity contribution is 0.299. The molecule has 1 fully saturated rings. The van der Waals surface area contributed by atoms with Gasteiger partial charge in [-0.2, -0.15) is 5.26 Å². The van der Waals surface area contributed by atoms with Crippen LogP contribution in [0.1, 0.15) is 25.7 Å². The van der Waals surface area contributed by atoms with E-state index < -0.39 is 0 Å². The zero-order valence-corrected chi connectivity index (χ0v) is 11.0. The fourth-order valence-corrected chi connectivity index (χ4v) is 2.05. The van der Waals surface area contributed by atoms with Crippen LogP contribution in [-0.2, 0) is 0 Å². The van der Waals surface area contributed by atoms with Gasteiger partial charge in [0.2, 0.25) is 0 Å². The van der Waals surface area contributed by atoms with Gasteiger partial charge in [0.05, 0.1) is 0 Å². The summed E-state index contributed by atoms with van der Waals surface area (Å²) in [7, 11) is 3.73. The molecule has 0 aromatic carbocycles. The van der Waals surface area contributed by atoms with Crippen molar-refractivity contribution in [2.75, 3.05) is 30.4 Å². The molecule has 2 rings (SSSR count). The molecule has 0 radical (unpaired) electrons. The first-order chi connectivity index (χ1) is 8.70. The maximum absolute atomic E-state index is 8.84. The largest absolute Gasteiger partial charge is 0.360 e. The summed E-state index contributed by atoms with van der Waals surface area (Å²) in [6.07, 6.45) is 8.92. The number of hydrogen-bond donors (Lipinski definition) is 0. The lowest BCUT2D eigenvalue weighted by atomic mass is 9.83. The average Bonchev–Trinajstić information content (AvgIpc) is 2.36. The highest BCUT2D eigenvalue weighted by Gasteiger charge is 2.18. The summed E-state index contributed by atoms with van der Waals surface area (Å²) in [5, 5.41) is 8.84. The Morgan fingerprint density at radius 1 is 1.33 bits per heavy atom. The molecule has 1 aromatic rings. The lowest BCUT2D eigenvalue weighted by Crippen LogP contribution is -2.24. The highest BCUT2D eigenvalue weighted by Crippen LogP contribution is 2.29. The van der Waals surface area contributed by atoms with Gasteiger partial charge < -0.3 is 4.90 Å². The second-order valence-electron chi connectivity index (χ2n) is 4.90. The van der Waals surface area contributed by atoms with E-state index in [9.17, 15) is 0 Å². The van der Waals surface area contributed by atoms with Crippen LogP contribution in [0.2, 0.25) is 0 Å². The third-order valence-electron chi connectivity index (χ3n) is 3.62. The van der Waals surface area contributed by atoms with Crippen LogP contribution in [0.5, 0.6) is 0 Å². The molecule has 1 aliphatic rings. The number of nitrogens with zero attached hydrogens (tertiary/aromatic N) is 5. The van der Waals surface area contributed by atoms with Crippen LogP contribution in [0.3, 0.4) is 0 Å². The van der Waals surface area contributed by atoms with Crippen molar-refractivity contribution in [1.82, 2.24) is 9.97 Å². The Kier molecular flexibility index (Phi) is 3.98. The van der Waals surface area contributed by atoms with Crippen molar-refractivity contribution < 1.29 is 0 Å². The minimum Gasteiger partial charge on any atom is -0.360 e. The highest BCUT2D eigenvalue weighted by atomic mass is 15.2. The third kappa shape index (κ3) is 2.89. The van der Waals surface area contributed by atoms with Gasteiger partial charge in [0.25, 0.3) is 0 Å². The predicted molar refractivity (Wildman–Crippen MR) is 71.3 cm³/mol. The van der Waals surface area contributed by atoms with Crippen LogP contribution in [0.4, 0.5) is 11.6 Å². The Morgan fingerprint density at radius 3 is 2.67 bits per heavy atom. The van der Waals surface area contributed by atoms with E-state index in [0.717, 1.165) is 18.3 Å². The van der Waals surface area contributed by atoms with Crippen molar-refractivity contribution in [1.29, 1.82) is 5.26 Å². The van der Waals surface area contributed by atoms with Crippen molar-refractivity contribution in [3.05, 3.63) is 12.4 Å². The van der Waals surface area contributed by atoms with Gasteiger partial charge in [0.15, 0.2) is 6.19 Å². The number of rotatable bonds is 5. The standard InChI is InChI=1S/C13H19N5/c1-17(7-6-11-4-3-5-11)12-8-13(16-10-15-12)18(2)9-14/h8,10-11H,3-7H2,1-2H3. The topological polar surface area (TPSA) is 56.1 Å². The molecule has 0 atom stereocenters. The summed E-state index contributed by atoms with van der Waals surface area (Å²) in [6.45, 7) is 1.01. The summed E-state index contributed by atoms with van der Waals surface area (Å²) in [5.41, 5.74) is 0. The lowest BCUT2D eigenvalue weighted by Gasteiger charge is -2.28. The van der Waals surface area contributed by atoms with E-state index in [4.69, 9.17) is 5.26 Å². The maximum Gasteiger partial charge on any atom is 0.185 e. The first-order valence-electron chi connectivity index (χ1n) is 6.37. The Labute approximate surface area is 108 Å². The third-order valence-corrected chi connectivity index (χ3v) is 3.62. The molecule has 96 valence electrons. The van der Waals surface area contributed by atoms with Gasteiger partial charge >= 0.3 is 0 Å². The molecule has 1 aromatic heterocycles. The fraction of sp³-hybridized carbons (Fsp3) is 0.615. The van der Waals surface area contributed by atoms with Gasteiger partial charge in [-0.3, -0.25) is 4.90 Å². The van der Waals surface area contributed by atoms with Gasteiger partial charge in [-0.15, -0.1) is 0 Å². The Bertz CT molecular complexity index is 435. The van der Waals surface area contributed by atoms with Crippen LogP contribution < -0.4 is 9.80 Å². The molecule has 0 spiro atoms. The van der Waals surface area contributed by atoms with E-state index in [0.29, 0.717) is 5.82 Å². The second kappa shape index (κ2) is 5.67. The van der Waals surface area contributed by atoms with E-state index >= 15 is 0 Å². The van der Waals surface area contributed by atoms with E-state index in [1.165, 1.54) is 36.9 Å². The molecule has 5 nitrogen and oxygen atoms in total. The number of hydrogen-bond acceptors (Lipinski definition) is 5. The Balaban J connectivity index is 1.96. The summed E-state index contributed by atoms with van der Waals surface area (Å²) in [5.74, 6) is 2.41. The van der Waals surface area contributed by atoms with Crippen LogP contribution >= 0.6 is 0 Å². The van der Waals surface area contributed by atoms with Crippen molar-refractivity contribution >= 4 is 11.6 Å². The number of nitriles is 1. The second-order valence-corrected chi connectivity index (χ2v) is 4.90. The molecule has 0 bridgehead atoms. The molecule has 1 saturated carbocycles. The zero-order valence-electron chi connectivity index (χ0n) is 11.0. The van der Waals surface area contributed by atoms with Crippen LogP contribution in [-0.4, -0.2) is 30.6 Å². The molecular weight excluding hydrogens is 226 g/mol. The van der Waals surface area contributed by atoms with Gasteiger partial charge in [-0.05, 0) is 12.3 Å². The molecule has 0 aliphatic heterocycles. The molecule has 5 heteroatoms.